The van der Waals surface area contributed by atoms with Crippen molar-refractivity contribution in [1.29, 1.82) is 0 Å². The lowest BCUT2D eigenvalue weighted by Crippen LogP contribution is -2.54. The number of thiocarbonyl (C=S) groups is 1. The third-order valence-corrected chi connectivity index (χ3v) is 5.18. The summed E-state index contributed by atoms with van der Waals surface area (Å²) in [5.74, 6) is -1.73. The number of hydrogen-bond donors (Lipinski definition) is 2. The van der Waals surface area contributed by atoms with Crippen molar-refractivity contribution in [3.63, 3.8) is 0 Å². The quantitative estimate of drug-likeness (QED) is 0.359. The first-order valence-electron chi connectivity index (χ1n) is 8.77. The van der Waals surface area contributed by atoms with Gasteiger partial charge in [-0.3, -0.25) is 19.8 Å². The maximum atomic E-state index is 13.1. The number of benzene rings is 2. The van der Waals surface area contributed by atoms with Crippen LogP contribution in [0.4, 0.5) is 18.9 Å². The lowest BCUT2D eigenvalue weighted by atomic mass is 10.1. The van der Waals surface area contributed by atoms with E-state index in [4.69, 9.17) is 17.0 Å². The second-order valence-corrected chi connectivity index (χ2v) is 7.52. The fraction of sp³-hybridized carbons (Fsp3) is 0.150. The summed E-state index contributed by atoms with van der Waals surface area (Å²) in [4.78, 5) is 26.3. The van der Waals surface area contributed by atoms with E-state index in [2.05, 4.69) is 21.2 Å². The average Bonchev–Trinajstić information content (AvgIpc) is 2.68. The highest BCUT2D eigenvalue weighted by molar-refractivity contribution is 9.10. The number of carbonyl (C=O) groups excluding carboxylic acids is 2. The summed E-state index contributed by atoms with van der Waals surface area (Å²) in [6.45, 7) is 1.98. The Labute approximate surface area is 188 Å². The standard InChI is InChI=1S/C20H14BrF3N2O4S/c1-2-30-16-7-10(14(21)9-15(16)27)6-13-17(28)25-19(31)26(18(13)29)12-5-3-4-11(8-12)20(22,23)24/h3-9,27H,2H2,1H3,(H,25,28,31)/b13-6+. The number of anilines is 1. The molecular formula is C20H14BrF3N2O4S. The minimum atomic E-state index is -4.62. The van der Waals surface area contributed by atoms with Crippen molar-refractivity contribution in [2.45, 2.75) is 13.1 Å². The molecule has 1 heterocycles. The van der Waals surface area contributed by atoms with Gasteiger partial charge in [0.2, 0.25) is 0 Å². The number of rotatable bonds is 4. The van der Waals surface area contributed by atoms with E-state index in [1.165, 1.54) is 24.3 Å². The molecule has 162 valence electrons. The average molecular weight is 515 g/mol. The first-order chi connectivity index (χ1) is 14.5. The van der Waals surface area contributed by atoms with Gasteiger partial charge in [-0.1, -0.05) is 22.0 Å². The van der Waals surface area contributed by atoms with Gasteiger partial charge in [-0.05, 0) is 61.1 Å². The van der Waals surface area contributed by atoms with E-state index in [1.807, 2.05) is 0 Å². The van der Waals surface area contributed by atoms with Crippen molar-refractivity contribution in [3.05, 3.63) is 57.6 Å². The van der Waals surface area contributed by atoms with Crippen molar-refractivity contribution in [2.75, 3.05) is 11.5 Å². The Balaban J connectivity index is 2.06. The largest absolute Gasteiger partial charge is 0.504 e. The number of hydrogen-bond acceptors (Lipinski definition) is 5. The van der Waals surface area contributed by atoms with Crippen molar-refractivity contribution >= 4 is 56.8 Å². The number of aromatic hydroxyl groups is 1. The minimum absolute atomic E-state index is 0.131. The molecule has 0 saturated carbocycles. The maximum Gasteiger partial charge on any atom is 0.416 e. The van der Waals surface area contributed by atoms with Crippen LogP contribution < -0.4 is 15.0 Å². The van der Waals surface area contributed by atoms with Crippen molar-refractivity contribution in [2.24, 2.45) is 0 Å². The molecule has 0 aromatic heterocycles. The number of amides is 2. The fourth-order valence-electron chi connectivity index (χ4n) is 2.81. The summed E-state index contributed by atoms with van der Waals surface area (Å²) >= 11 is 8.25. The Kier molecular flexibility index (Phi) is 6.37. The number of nitrogens with zero attached hydrogens (tertiary/aromatic N) is 1. The lowest BCUT2D eigenvalue weighted by Gasteiger charge is -2.29. The van der Waals surface area contributed by atoms with E-state index in [1.54, 1.807) is 6.92 Å². The topological polar surface area (TPSA) is 78.9 Å². The van der Waals surface area contributed by atoms with Gasteiger partial charge >= 0.3 is 6.18 Å². The van der Waals surface area contributed by atoms with Crippen molar-refractivity contribution in [3.8, 4) is 11.5 Å². The van der Waals surface area contributed by atoms with Gasteiger partial charge < -0.3 is 9.84 Å². The molecule has 0 radical (unpaired) electrons. The Morgan fingerprint density at radius 3 is 2.61 bits per heavy atom. The van der Waals surface area contributed by atoms with Crippen LogP contribution in [0.2, 0.25) is 0 Å². The minimum Gasteiger partial charge on any atom is -0.504 e. The van der Waals surface area contributed by atoms with Gasteiger partial charge in [-0.15, -0.1) is 0 Å². The molecule has 1 saturated heterocycles. The molecule has 1 aliphatic heterocycles. The second kappa shape index (κ2) is 8.67. The number of phenolic OH excluding ortho intramolecular Hbond substituents is 1. The van der Waals surface area contributed by atoms with Gasteiger partial charge in [0.05, 0.1) is 17.9 Å². The van der Waals surface area contributed by atoms with Crippen molar-refractivity contribution < 1.29 is 32.6 Å². The van der Waals surface area contributed by atoms with Crippen molar-refractivity contribution in [1.82, 2.24) is 5.32 Å². The molecule has 0 atom stereocenters. The lowest BCUT2D eigenvalue weighted by molar-refractivity contribution is -0.137. The molecule has 3 rings (SSSR count). The van der Waals surface area contributed by atoms with E-state index in [-0.39, 0.29) is 34.5 Å². The summed E-state index contributed by atoms with van der Waals surface area (Å²) < 4.78 is 44.9. The van der Waals surface area contributed by atoms with E-state index >= 15 is 0 Å². The molecule has 0 bridgehead atoms. The summed E-state index contributed by atoms with van der Waals surface area (Å²) in [6, 6.07) is 6.79. The Morgan fingerprint density at radius 2 is 1.97 bits per heavy atom. The van der Waals surface area contributed by atoms with Crippen LogP contribution >= 0.6 is 28.1 Å². The highest BCUT2D eigenvalue weighted by atomic mass is 79.9. The zero-order valence-electron chi connectivity index (χ0n) is 15.8. The van der Waals surface area contributed by atoms with Gasteiger partial charge in [0, 0.05) is 4.47 Å². The smallest absolute Gasteiger partial charge is 0.416 e. The molecule has 2 amide bonds. The maximum absolute atomic E-state index is 13.1. The highest BCUT2D eigenvalue weighted by Crippen LogP contribution is 2.35. The third kappa shape index (κ3) is 4.72. The Bertz CT molecular complexity index is 1120. The molecule has 2 aromatic carbocycles. The van der Waals surface area contributed by atoms with E-state index < -0.39 is 23.6 Å². The Hall–Kier alpha value is -2.92. The fourth-order valence-corrected chi connectivity index (χ4v) is 3.54. The zero-order valence-corrected chi connectivity index (χ0v) is 18.2. The van der Waals surface area contributed by atoms with Crippen LogP contribution in [-0.4, -0.2) is 28.6 Å². The number of halogens is 4. The van der Waals surface area contributed by atoms with E-state index in [0.29, 0.717) is 10.0 Å². The molecule has 11 heteroatoms. The molecule has 0 aliphatic carbocycles. The first-order valence-corrected chi connectivity index (χ1v) is 9.97. The van der Waals surface area contributed by atoms with Crippen LogP contribution in [0.15, 0.2) is 46.4 Å². The van der Waals surface area contributed by atoms with E-state index in [0.717, 1.165) is 23.1 Å². The van der Waals surface area contributed by atoms with Crippen LogP contribution in [0.3, 0.4) is 0 Å². The number of ether oxygens (including phenoxy) is 1. The number of nitrogens with one attached hydrogen (secondary N) is 1. The molecule has 31 heavy (non-hydrogen) atoms. The Morgan fingerprint density at radius 1 is 1.26 bits per heavy atom. The van der Waals surface area contributed by atoms with Crippen LogP contribution in [0.1, 0.15) is 18.1 Å². The van der Waals surface area contributed by atoms with Crippen LogP contribution in [0.5, 0.6) is 11.5 Å². The predicted octanol–water partition coefficient (Wildman–Crippen LogP) is 4.40. The van der Waals surface area contributed by atoms with Crippen LogP contribution in [0, 0.1) is 0 Å². The molecule has 6 nitrogen and oxygen atoms in total. The van der Waals surface area contributed by atoms with Gasteiger partial charge in [-0.25, -0.2) is 0 Å². The molecule has 0 spiro atoms. The molecule has 0 unspecified atom stereocenters. The summed E-state index contributed by atoms with van der Waals surface area (Å²) in [5, 5.41) is 11.9. The normalized spacial score (nSPS) is 16.0. The first kappa shape index (κ1) is 22.8. The molecule has 1 aliphatic rings. The van der Waals surface area contributed by atoms with Crippen LogP contribution in [-0.2, 0) is 15.8 Å². The highest BCUT2D eigenvalue weighted by Gasteiger charge is 2.36. The van der Waals surface area contributed by atoms with Gasteiger partial charge in [0.25, 0.3) is 11.8 Å². The van der Waals surface area contributed by atoms with Crippen LogP contribution in [0.25, 0.3) is 6.08 Å². The summed E-state index contributed by atoms with van der Waals surface area (Å²) in [6.07, 6.45) is -3.39. The number of carbonyl (C=O) groups is 2. The zero-order chi connectivity index (χ0) is 22.9. The number of phenols is 1. The SMILES string of the molecule is CCOc1cc(/C=C2\C(=O)NC(=S)N(c3cccc(C(F)(F)F)c3)C2=O)c(Br)cc1O. The summed E-state index contributed by atoms with van der Waals surface area (Å²) in [7, 11) is 0. The summed E-state index contributed by atoms with van der Waals surface area (Å²) in [5.41, 5.74) is -1.14. The molecule has 2 N–H and O–H groups in total. The molecule has 2 aromatic rings. The molecule has 1 fully saturated rings. The van der Waals surface area contributed by atoms with Gasteiger partial charge in [0.1, 0.15) is 5.57 Å². The monoisotopic (exact) mass is 514 g/mol. The van der Waals surface area contributed by atoms with E-state index in [9.17, 15) is 27.9 Å². The van der Waals surface area contributed by atoms with Gasteiger partial charge in [0.15, 0.2) is 16.6 Å². The second-order valence-electron chi connectivity index (χ2n) is 6.28. The molecular weight excluding hydrogens is 501 g/mol. The van der Waals surface area contributed by atoms with Gasteiger partial charge in [-0.2, -0.15) is 13.2 Å². The third-order valence-electron chi connectivity index (χ3n) is 4.21. The predicted molar refractivity (Wildman–Crippen MR) is 115 cm³/mol. The number of alkyl halides is 3.